The second kappa shape index (κ2) is 7.48. The first kappa shape index (κ1) is 18.4. The molecule has 2 aromatic carbocycles. The minimum Gasteiger partial charge on any atom is -0.337 e. The highest BCUT2D eigenvalue weighted by molar-refractivity contribution is 6.35. The topological polar surface area (TPSA) is 55.2 Å². The van der Waals surface area contributed by atoms with Crippen molar-refractivity contribution in [2.45, 2.75) is 19.5 Å². The number of para-hydroxylation sites is 1. The molecule has 0 fully saturated rings. The standard InChI is InChI=1S/C19H17Cl2N3O2/c1-12(14-8-7-13(20)9-16(14)21)23(2)19(26)11-24-17-6-4-3-5-15(17)18(25)10-22-24/h3-10,12H,11H2,1-2H3. The second-order valence-electron chi connectivity index (χ2n) is 6.03. The first-order chi connectivity index (χ1) is 12.4. The Morgan fingerprint density at radius 3 is 2.69 bits per heavy atom. The van der Waals surface area contributed by atoms with Gasteiger partial charge in [-0.3, -0.25) is 14.3 Å². The van der Waals surface area contributed by atoms with Crippen molar-refractivity contribution in [3.8, 4) is 0 Å². The van der Waals surface area contributed by atoms with Crippen molar-refractivity contribution in [2.24, 2.45) is 0 Å². The van der Waals surface area contributed by atoms with Crippen LogP contribution in [0.1, 0.15) is 18.5 Å². The first-order valence-electron chi connectivity index (χ1n) is 8.04. The number of nitrogens with zero attached hydrogens (tertiary/aromatic N) is 3. The number of likely N-dealkylation sites (N-methyl/N-ethyl adjacent to an activating group) is 1. The Kier molecular flexibility index (Phi) is 5.30. The van der Waals surface area contributed by atoms with E-state index in [0.717, 1.165) is 5.56 Å². The summed E-state index contributed by atoms with van der Waals surface area (Å²) >= 11 is 12.2. The normalized spacial score (nSPS) is 12.2. The molecule has 1 heterocycles. The highest BCUT2D eigenvalue weighted by atomic mass is 35.5. The van der Waals surface area contributed by atoms with Gasteiger partial charge in [0.25, 0.3) is 0 Å². The summed E-state index contributed by atoms with van der Waals surface area (Å²) < 4.78 is 1.53. The Labute approximate surface area is 160 Å². The summed E-state index contributed by atoms with van der Waals surface area (Å²) in [6, 6.07) is 12.1. The monoisotopic (exact) mass is 389 g/mol. The van der Waals surface area contributed by atoms with Crippen LogP contribution in [0.4, 0.5) is 0 Å². The molecule has 1 aromatic heterocycles. The van der Waals surface area contributed by atoms with E-state index in [2.05, 4.69) is 5.10 Å². The maximum atomic E-state index is 12.8. The molecule has 0 aliphatic rings. The molecule has 134 valence electrons. The van der Waals surface area contributed by atoms with Gasteiger partial charge in [0.15, 0.2) is 0 Å². The van der Waals surface area contributed by atoms with Crippen molar-refractivity contribution in [2.75, 3.05) is 7.05 Å². The smallest absolute Gasteiger partial charge is 0.244 e. The highest BCUT2D eigenvalue weighted by Crippen LogP contribution is 2.29. The third-order valence-corrected chi connectivity index (χ3v) is 5.00. The van der Waals surface area contributed by atoms with Gasteiger partial charge in [-0.1, -0.05) is 41.4 Å². The molecule has 1 amide bonds. The van der Waals surface area contributed by atoms with E-state index < -0.39 is 0 Å². The van der Waals surface area contributed by atoms with Gasteiger partial charge in [0.1, 0.15) is 6.54 Å². The number of amides is 1. The van der Waals surface area contributed by atoms with Crippen LogP contribution in [0.25, 0.3) is 10.9 Å². The van der Waals surface area contributed by atoms with Crippen molar-refractivity contribution in [3.63, 3.8) is 0 Å². The van der Waals surface area contributed by atoms with Gasteiger partial charge in [-0.15, -0.1) is 0 Å². The summed E-state index contributed by atoms with van der Waals surface area (Å²) in [5.74, 6) is -0.148. The molecule has 0 saturated heterocycles. The van der Waals surface area contributed by atoms with Crippen LogP contribution in [0.15, 0.2) is 53.5 Å². The molecule has 26 heavy (non-hydrogen) atoms. The zero-order valence-corrected chi connectivity index (χ0v) is 15.8. The summed E-state index contributed by atoms with van der Waals surface area (Å²) in [7, 11) is 1.71. The van der Waals surface area contributed by atoms with Crippen LogP contribution in [0.2, 0.25) is 10.0 Å². The Morgan fingerprint density at radius 1 is 1.23 bits per heavy atom. The lowest BCUT2D eigenvalue weighted by Crippen LogP contribution is -2.33. The molecular formula is C19H17Cl2N3O2. The lowest BCUT2D eigenvalue weighted by Gasteiger charge is -2.26. The minimum atomic E-state index is -0.238. The van der Waals surface area contributed by atoms with Gasteiger partial charge in [-0.05, 0) is 36.8 Å². The quantitative estimate of drug-likeness (QED) is 0.679. The predicted molar refractivity (Wildman–Crippen MR) is 104 cm³/mol. The van der Waals surface area contributed by atoms with Crippen LogP contribution < -0.4 is 5.43 Å². The summed E-state index contributed by atoms with van der Waals surface area (Å²) in [4.78, 5) is 26.3. The second-order valence-corrected chi connectivity index (χ2v) is 6.87. The van der Waals surface area contributed by atoms with E-state index >= 15 is 0 Å². The average molecular weight is 390 g/mol. The number of carbonyl (C=O) groups excluding carboxylic acids is 1. The first-order valence-corrected chi connectivity index (χ1v) is 8.79. The van der Waals surface area contributed by atoms with Gasteiger partial charge in [0.05, 0.1) is 17.8 Å². The SMILES string of the molecule is CC(c1ccc(Cl)cc1Cl)N(C)C(=O)Cn1ncc(=O)c2ccccc21. The van der Waals surface area contributed by atoms with Crippen molar-refractivity contribution < 1.29 is 4.79 Å². The number of halogens is 2. The number of rotatable bonds is 4. The van der Waals surface area contributed by atoms with Gasteiger partial charge >= 0.3 is 0 Å². The number of fused-ring (bicyclic) bond motifs is 1. The zero-order chi connectivity index (χ0) is 18.8. The fourth-order valence-corrected chi connectivity index (χ4v) is 3.36. The molecule has 0 bridgehead atoms. The van der Waals surface area contributed by atoms with E-state index in [0.29, 0.717) is 20.9 Å². The molecule has 0 saturated carbocycles. The number of aromatic nitrogens is 2. The molecule has 0 radical (unpaired) electrons. The molecule has 0 spiro atoms. The number of hydrogen-bond acceptors (Lipinski definition) is 3. The molecule has 7 heteroatoms. The fraction of sp³-hybridized carbons (Fsp3) is 0.211. The summed E-state index contributed by atoms with van der Waals surface area (Å²) in [6.45, 7) is 1.91. The Morgan fingerprint density at radius 2 is 1.96 bits per heavy atom. The van der Waals surface area contributed by atoms with Crippen LogP contribution >= 0.6 is 23.2 Å². The van der Waals surface area contributed by atoms with Gasteiger partial charge < -0.3 is 4.90 Å². The van der Waals surface area contributed by atoms with Gasteiger partial charge in [0.2, 0.25) is 11.3 Å². The van der Waals surface area contributed by atoms with Crippen LogP contribution in [0.5, 0.6) is 0 Å². The molecule has 3 rings (SSSR count). The third-order valence-electron chi connectivity index (χ3n) is 4.43. The Hall–Kier alpha value is -2.37. The fourth-order valence-electron chi connectivity index (χ4n) is 2.79. The zero-order valence-electron chi connectivity index (χ0n) is 14.3. The molecule has 0 aliphatic carbocycles. The summed E-state index contributed by atoms with van der Waals surface area (Å²) in [6.07, 6.45) is 1.23. The largest absolute Gasteiger partial charge is 0.337 e. The lowest BCUT2D eigenvalue weighted by atomic mass is 10.1. The molecule has 1 atom stereocenters. The van der Waals surface area contributed by atoms with E-state index in [-0.39, 0.29) is 23.9 Å². The van der Waals surface area contributed by atoms with E-state index in [1.165, 1.54) is 10.9 Å². The average Bonchev–Trinajstić information content (AvgIpc) is 2.63. The number of hydrogen-bond donors (Lipinski definition) is 0. The third kappa shape index (κ3) is 3.59. The highest BCUT2D eigenvalue weighted by Gasteiger charge is 2.20. The maximum absolute atomic E-state index is 12.8. The van der Waals surface area contributed by atoms with Gasteiger partial charge in [-0.25, -0.2) is 0 Å². The summed E-state index contributed by atoms with van der Waals surface area (Å²) in [5, 5.41) is 5.69. The molecule has 0 N–H and O–H groups in total. The molecule has 5 nitrogen and oxygen atoms in total. The minimum absolute atomic E-state index is 0.0207. The summed E-state index contributed by atoms with van der Waals surface area (Å²) in [5.41, 5.74) is 1.27. The maximum Gasteiger partial charge on any atom is 0.244 e. The van der Waals surface area contributed by atoms with E-state index in [4.69, 9.17) is 23.2 Å². The predicted octanol–water partition coefficient (Wildman–Crippen LogP) is 3.92. The van der Waals surface area contributed by atoms with Crippen molar-refractivity contribution >= 4 is 40.0 Å². The van der Waals surface area contributed by atoms with Crippen LogP contribution in [0, 0.1) is 0 Å². The number of benzene rings is 2. The van der Waals surface area contributed by atoms with Crippen molar-refractivity contribution in [3.05, 3.63) is 74.5 Å². The van der Waals surface area contributed by atoms with Gasteiger partial charge in [-0.2, -0.15) is 5.10 Å². The van der Waals surface area contributed by atoms with Crippen LogP contribution in [-0.4, -0.2) is 27.6 Å². The van der Waals surface area contributed by atoms with Crippen molar-refractivity contribution in [1.29, 1.82) is 0 Å². The van der Waals surface area contributed by atoms with E-state index in [1.807, 2.05) is 19.1 Å². The number of carbonyl (C=O) groups is 1. The molecule has 0 aliphatic heterocycles. The van der Waals surface area contributed by atoms with E-state index in [9.17, 15) is 9.59 Å². The van der Waals surface area contributed by atoms with Crippen LogP contribution in [-0.2, 0) is 11.3 Å². The molecule has 1 unspecified atom stereocenters. The lowest BCUT2D eigenvalue weighted by molar-refractivity contribution is -0.132. The van der Waals surface area contributed by atoms with Gasteiger partial charge in [0, 0.05) is 22.5 Å². The Balaban J connectivity index is 1.86. The molecule has 3 aromatic rings. The van der Waals surface area contributed by atoms with Crippen LogP contribution in [0.3, 0.4) is 0 Å². The van der Waals surface area contributed by atoms with E-state index in [1.54, 1.807) is 42.3 Å². The van der Waals surface area contributed by atoms with Crippen molar-refractivity contribution in [1.82, 2.24) is 14.7 Å². The molecular weight excluding hydrogens is 373 g/mol. The Bertz CT molecular complexity index is 1030.